The molecule has 0 aromatic carbocycles. The van der Waals surface area contributed by atoms with Crippen LogP contribution in [0.2, 0.25) is 0 Å². The molecule has 0 saturated heterocycles. The van der Waals surface area contributed by atoms with E-state index < -0.39 is 0 Å². The number of aromatic nitrogens is 2. The molecule has 2 rings (SSSR count). The van der Waals surface area contributed by atoms with Gasteiger partial charge >= 0.3 is 0 Å². The second kappa shape index (κ2) is 4.09. The van der Waals surface area contributed by atoms with Gasteiger partial charge in [0.1, 0.15) is 0 Å². The Morgan fingerprint density at radius 3 is 3.00 bits per heavy atom. The molecule has 4 nitrogen and oxygen atoms in total. The highest BCUT2D eigenvalue weighted by molar-refractivity contribution is 5.07. The van der Waals surface area contributed by atoms with Gasteiger partial charge in [-0.2, -0.15) is 4.98 Å². The van der Waals surface area contributed by atoms with E-state index in [4.69, 9.17) is 4.52 Å². The predicted molar refractivity (Wildman–Crippen MR) is 52.8 cm³/mol. The molecule has 1 aliphatic rings. The molecule has 14 heavy (non-hydrogen) atoms. The summed E-state index contributed by atoms with van der Waals surface area (Å²) < 4.78 is 5.14. The van der Waals surface area contributed by atoms with Crippen molar-refractivity contribution in [2.45, 2.75) is 39.2 Å². The van der Waals surface area contributed by atoms with Gasteiger partial charge in [0.05, 0.1) is 6.54 Å². The Morgan fingerprint density at radius 2 is 2.36 bits per heavy atom. The Kier molecular flexibility index (Phi) is 2.82. The molecule has 0 aliphatic heterocycles. The van der Waals surface area contributed by atoms with Crippen molar-refractivity contribution in [1.29, 1.82) is 0 Å². The third kappa shape index (κ3) is 2.12. The van der Waals surface area contributed by atoms with E-state index in [1.807, 2.05) is 0 Å². The van der Waals surface area contributed by atoms with Gasteiger partial charge < -0.3 is 9.84 Å². The number of rotatable bonds is 5. The second-order valence-corrected chi connectivity index (χ2v) is 4.04. The highest BCUT2D eigenvalue weighted by Crippen LogP contribution is 2.45. The van der Waals surface area contributed by atoms with Gasteiger partial charge in [0, 0.05) is 5.92 Å². The van der Waals surface area contributed by atoms with Crippen molar-refractivity contribution in [2.24, 2.45) is 5.92 Å². The van der Waals surface area contributed by atoms with Crippen LogP contribution < -0.4 is 5.32 Å². The zero-order valence-electron chi connectivity index (χ0n) is 8.79. The molecule has 1 aromatic rings. The van der Waals surface area contributed by atoms with Crippen molar-refractivity contribution in [1.82, 2.24) is 15.5 Å². The normalized spacial score (nSPS) is 25.3. The summed E-state index contributed by atoms with van der Waals surface area (Å²) in [7, 11) is 0. The Balaban J connectivity index is 1.84. The van der Waals surface area contributed by atoms with Crippen LogP contribution in [0, 0.1) is 5.92 Å². The summed E-state index contributed by atoms with van der Waals surface area (Å²) in [6, 6.07) is 0. The van der Waals surface area contributed by atoms with Crippen LogP contribution in [-0.4, -0.2) is 16.7 Å². The van der Waals surface area contributed by atoms with Crippen LogP contribution in [0.5, 0.6) is 0 Å². The summed E-state index contributed by atoms with van der Waals surface area (Å²) in [5.74, 6) is 2.90. The first-order valence-corrected chi connectivity index (χ1v) is 5.34. The third-order valence-corrected chi connectivity index (χ3v) is 2.63. The highest BCUT2D eigenvalue weighted by Gasteiger charge is 2.37. The van der Waals surface area contributed by atoms with Crippen LogP contribution in [0.1, 0.15) is 44.3 Å². The van der Waals surface area contributed by atoms with Gasteiger partial charge in [-0.15, -0.1) is 0 Å². The average molecular weight is 195 g/mol. The van der Waals surface area contributed by atoms with Gasteiger partial charge in [0.2, 0.25) is 5.89 Å². The van der Waals surface area contributed by atoms with E-state index in [1.54, 1.807) is 0 Å². The first-order chi connectivity index (χ1) is 6.81. The first-order valence-electron chi connectivity index (χ1n) is 5.34. The van der Waals surface area contributed by atoms with Gasteiger partial charge in [0.15, 0.2) is 5.82 Å². The first kappa shape index (κ1) is 9.65. The number of hydrogen-bond donors (Lipinski definition) is 1. The van der Waals surface area contributed by atoms with Crippen LogP contribution >= 0.6 is 0 Å². The lowest BCUT2D eigenvalue weighted by Gasteiger charge is -1.95. The van der Waals surface area contributed by atoms with E-state index in [9.17, 15) is 0 Å². The molecule has 1 aliphatic carbocycles. The molecule has 2 atom stereocenters. The standard InChI is InChI=1S/C10H17N3O/c1-3-4-11-6-9-12-10(13-14-9)8-5-7(8)2/h7-8,11H,3-6H2,1-2H3. The molecule has 0 radical (unpaired) electrons. The van der Waals surface area contributed by atoms with Gasteiger partial charge in [-0.3, -0.25) is 0 Å². The van der Waals surface area contributed by atoms with Gasteiger partial charge in [-0.25, -0.2) is 0 Å². The van der Waals surface area contributed by atoms with Crippen molar-refractivity contribution in [3.63, 3.8) is 0 Å². The van der Waals surface area contributed by atoms with E-state index in [2.05, 4.69) is 29.3 Å². The van der Waals surface area contributed by atoms with Crippen molar-refractivity contribution < 1.29 is 4.52 Å². The largest absolute Gasteiger partial charge is 0.338 e. The Morgan fingerprint density at radius 1 is 1.57 bits per heavy atom. The summed E-state index contributed by atoms with van der Waals surface area (Å²) in [4.78, 5) is 4.35. The molecule has 2 unspecified atom stereocenters. The minimum Gasteiger partial charge on any atom is -0.338 e. The van der Waals surface area contributed by atoms with Crippen LogP contribution in [0.15, 0.2) is 4.52 Å². The zero-order valence-corrected chi connectivity index (χ0v) is 8.79. The molecule has 1 fully saturated rings. The molecule has 0 bridgehead atoms. The second-order valence-electron chi connectivity index (χ2n) is 4.04. The van der Waals surface area contributed by atoms with E-state index >= 15 is 0 Å². The van der Waals surface area contributed by atoms with Gasteiger partial charge in [-0.1, -0.05) is 19.0 Å². The van der Waals surface area contributed by atoms with Crippen LogP contribution in [0.25, 0.3) is 0 Å². The predicted octanol–water partition coefficient (Wildman–Crippen LogP) is 1.69. The van der Waals surface area contributed by atoms with Crippen LogP contribution in [-0.2, 0) is 6.54 Å². The summed E-state index contributed by atoms with van der Waals surface area (Å²) in [5.41, 5.74) is 0. The molecule has 1 saturated carbocycles. The van der Waals surface area contributed by atoms with E-state index in [0.29, 0.717) is 18.4 Å². The monoisotopic (exact) mass is 195 g/mol. The molecule has 4 heteroatoms. The average Bonchev–Trinajstić information content (AvgIpc) is 2.74. The SMILES string of the molecule is CCCNCc1nc(C2CC2C)no1. The van der Waals surface area contributed by atoms with Gasteiger partial charge in [-0.05, 0) is 25.3 Å². The van der Waals surface area contributed by atoms with Gasteiger partial charge in [0.25, 0.3) is 0 Å². The fraction of sp³-hybridized carbons (Fsp3) is 0.800. The maximum Gasteiger partial charge on any atom is 0.240 e. The lowest BCUT2D eigenvalue weighted by Crippen LogP contribution is -2.13. The van der Waals surface area contributed by atoms with Crippen molar-refractivity contribution >= 4 is 0 Å². The highest BCUT2D eigenvalue weighted by atomic mass is 16.5. The number of nitrogens with one attached hydrogen (secondary N) is 1. The Bertz CT molecular complexity index is 297. The molecule has 1 N–H and O–H groups in total. The smallest absolute Gasteiger partial charge is 0.240 e. The van der Waals surface area contributed by atoms with Crippen molar-refractivity contribution in [2.75, 3.05) is 6.54 Å². The zero-order chi connectivity index (χ0) is 9.97. The van der Waals surface area contributed by atoms with E-state index in [-0.39, 0.29) is 0 Å². The molecule has 1 heterocycles. The lowest BCUT2D eigenvalue weighted by atomic mass is 10.3. The number of hydrogen-bond acceptors (Lipinski definition) is 4. The Labute approximate surface area is 84.1 Å². The molecular formula is C10H17N3O. The number of nitrogens with zero attached hydrogens (tertiary/aromatic N) is 2. The van der Waals surface area contributed by atoms with Crippen LogP contribution in [0.4, 0.5) is 0 Å². The topological polar surface area (TPSA) is 51.0 Å². The van der Waals surface area contributed by atoms with Crippen molar-refractivity contribution in [3.8, 4) is 0 Å². The Hall–Kier alpha value is -0.900. The summed E-state index contributed by atoms with van der Waals surface area (Å²) >= 11 is 0. The van der Waals surface area contributed by atoms with E-state index in [1.165, 1.54) is 6.42 Å². The minimum absolute atomic E-state index is 0.554. The molecule has 1 aromatic heterocycles. The molecular weight excluding hydrogens is 178 g/mol. The van der Waals surface area contributed by atoms with E-state index in [0.717, 1.165) is 24.7 Å². The molecule has 0 amide bonds. The van der Waals surface area contributed by atoms with Crippen molar-refractivity contribution in [3.05, 3.63) is 11.7 Å². The molecule has 78 valence electrons. The summed E-state index contributed by atoms with van der Waals surface area (Å²) in [6.45, 7) is 6.05. The quantitative estimate of drug-likeness (QED) is 0.726. The fourth-order valence-electron chi connectivity index (χ4n) is 1.54. The fourth-order valence-corrected chi connectivity index (χ4v) is 1.54. The maximum absolute atomic E-state index is 5.14. The summed E-state index contributed by atoms with van der Waals surface area (Å²) in [5, 5.41) is 7.22. The third-order valence-electron chi connectivity index (χ3n) is 2.63. The minimum atomic E-state index is 0.554. The van der Waals surface area contributed by atoms with Crippen LogP contribution in [0.3, 0.4) is 0 Å². The molecule has 0 spiro atoms. The lowest BCUT2D eigenvalue weighted by molar-refractivity contribution is 0.363. The maximum atomic E-state index is 5.14. The summed E-state index contributed by atoms with van der Waals surface area (Å²) in [6.07, 6.45) is 2.34.